The number of halogens is 2. The van der Waals surface area contributed by atoms with Crippen molar-refractivity contribution in [3.05, 3.63) is 94.8 Å². The summed E-state index contributed by atoms with van der Waals surface area (Å²) in [7, 11) is 1.61. The third kappa shape index (κ3) is 5.29. The molecule has 166 valence electrons. The number of piperazine rings is 1. The highest BCUT2D eigenvalue weighted by Crippen LogP contribution is 2.26. The van der Waals surface area contributed by atoms with E-state index in [-0.39, 0.29) is 17.5 Å². The van der Waals surface area contributed by atoms with Gasteiger partial charge in [-0.25, -0.2) is 4.39 Å². The van der Waals surface area contributed by atoms with Crippen molar-refractivity contribution in [2.45, 2.75) is 5.92 Å². The van der Waals surface area contributed by atoms with Crippen molar-refractivity contribution in [2.75, 3.05) is 44.7 Å². The van der Waals surface area contributed by atoms with Gasteiger partial charge in [-0.2, -0.15) is 0 Å². The zero-order valence-corrected chi connectivity index (χ0v) is 18.8. The molecule has 6 heteroatoms. The number of anilines is 1. The van der Waals surface area contributed by atoms with Crippen molar-refractivity contribution < 1.29 is 13.9 Å². The number of nitrogens with zero attached hydrogens (tertiary/aromatic N) is 2. The van der Waals surface area contributed by atoms with Gasteiger partial charge >= 0.3 is 0 Å². The number of methoxy groups -OCH3 is 1. The number of hydrogen-bond acceptors (Lipinski definition) is 4. The van der Waals surface area contributed by atoms with E-state index in [1.54, 1.807) is 19.2 Å². The SMILES string of the molecule is COc1ccc(C(=O)[C@@H](CN2CCN(c3cccc(F)c3)CC2)c2ccc(Cl)cc2)cc1. The van der Waals surface area contributed by atoms with Crippen LogP contribution < -0.4 is 9.64 Å². The monoisotopic (exact) mass is 452 g/mol. The molecule has 4 nitrogen and oxygen atoms in total. The molecule has 32 heavy (non-hydrogen) atoms. The Balaban J connectivity index is 1.49. The molecule has 1 heterocycles. The molecule has 0 radical (unpaired) electrons. The third-order valence-electron chi connectivity index (χ3n) is 5.95. The van der Waals surface area contributed by atoms with Gasteiger partial charge in [-0.3, -0.25) is 9.69 Å². The molecule has 0 spiro atoms. The Morgan fingerprint density at radius 3 is 2.31 bits per heavy atom. The molecular formula is C26H26ClFN2O2. The fourth-order valence-electron chi connectivity index (χ4n) is 4.11. The summed E-state index contributed by atoms with van der Waals surface area (Å²) in [6.45, 7) is 3.79. The summed E-state index contributed by atoms with van der Waals surface area (Å²) in [6.07, 6.45) is 0. The maximum atomic E-state index is 13.6. The lowest BCUT2D eigenvalue weighted by molar-refractivity contribution is 0.0931. The van der Waals surface area contributed by atoms with Gasteiger partial charge < -0.3 is 9.64 Å². The third-order valence-corrected chi connectivity index (χ3v) is 6.20. The Labute approximate surface area is 193 Å². The quantitative estimate of drug-likeness (QED) is 0.457. The predicted molar refractivity (Wildman–Crippen MR) is 127 cm³/mol. The van der Waals surface area contributed by atoms with Gasteiger partial charge in [0.1, 0.15) is 11.6 Å². The standard InChI is InChI=1S/C26H26ClFN2O2/c1-32-24-11-7-20(8-12-24)26(31)25(19-5-9-21(27)10-6-19)18-29-13-15-30(16-14-29)23-4-2-3-22(28)17-23/h2-12,17,25H,13-16,18H2,1H3/t25-/m0/s1. The first kappa shape index (κ1) is 22.3. The first-order valence-electron chi connectivity index (χ1n) is 10.7. The lowest BCUT2D eigenvalue weighted by atomic mass is 9.90. The normalized spacial score (nSPS) is 15.4. The molecule has 1 fully saturated rings. The molecule has 3 aromatic carbocycles. The topological polar surface area (TPSA) is 32.8 Å². The lowest BCUT2D eigenvalue weighted by Crippen LogP contribution is -2.48. The molecule has 1 aliphatic rings. The van der Waals surface area contributed by atoms with Crippen molar-refractivity contribution >= 4 is 23.1 Å². The van der Waals surface area contributed by atoms with E-state index in [9.17, 15) is 9.18 Å². The minimum atomic E-state index is -0.304. The van der Waals surface area contributed by atoms with Gasteiger partial charge in [0.15, 0.2) is 5.78 Å². The number of carbonyl (C=O) groups is 1. The molecule has 1 atom stereocenters. The van der Waals surface area contributed by atoms with E-state index in [4.69, 9.17) is 16.3 Å². The van der Waals surface area contributed by atoms with Crippen LogP contribution in [0.25, 0.3) is 0 Å². The maximum Gasteiger partial charge on any atom is 0.171 e. The fraction of sp³-hybridized carbons (Fsp3) is 0.269. The van der Waals surface area contributed by atoms with Crippen molar-refractivity contribution in [1.82, 2.24) is 4.90 Å². The van der Waals surface area contributed by atoms with Crippen molar-refractivity contribution in [3.8, 4) is 5.75 Å². The first-order valence-corrected chi connectivity index (χ1v) is 11.1. The molecular weight excluding hydrogens is 427 g/mol. The van der Waals surface area contributed by atoms with Gasteiger partial charge in [0.25, 0.3) is 0 Å². The summed E-state index contributed by atoms with van der Waals surface area (Å²) in [5, 5.41) is 0.646. The molecule has 1 saturated heterocycles. The summed E-state index contributed by atoms with van der Waals surface area (Å²) >= 11 is 6.08. The highest BCUT2D eigenvalue weighted by atomic mass is 35.5. The highest BCUT2D eigenvalue weighted by Gasteiger charge is 2.27. The Hall–Kier alpha value is -2.89. The average Bonchev–Trinajstić information content (AvgIpc) is 2.83. The Morgan fingerprint density at radius 2 is 1.69 bits per heavy atom. The summed E-state index contributed by atoms with van der Waals surface area (Å²) in [6, 6.07) is 21.4. The average molecular weight is 453 g/mol. The van der Waals surface area contributed by atoms with E-state index < -0.39 is 0 Å². The molecule has 0 N–H and O–H groups in total. The van der Waals surface area contributed by atoms with E-state index in [0.29, 0.717) is 17.1 Å². The van der Waals surface area contributed by atoms with E-state index in [1.807, 2.05) is 54.6 Å². The van der Waals surface area contributed by atoms with E-state index in [1.165, 1.54) is 6.07 Å². The van der Waals surface area contributed by atoms with Crippen LogP contribution in [0.4, 0.5) is 10.1 Å². The number of rotatable bonds is 7. The van der Waals surface area contributed by atoms with Crippen LogP contribution in [0.15, 0.2) is 72.8 Å². The van der Waals surface area contributed by atoms with Crippen LogP contribution in [-0.2, 0) is 0 Å². The van der Waals surface area contributed by atoms with E-state index in [0.717, 1.165) is 43.2 Å². The zero-order valence-electron chi connectivity index (χ0n) is 18.0. The number of carbonyl (C=O) groups excluding carboxylic acids is 1. The summed E-state index contributed by atoms with van der Waals surface area (Å²) in [5.74, 6) is 0.264. The van der Waals surface area contributed by atoms with Gasteiger partial charge in [0.2, 0.25) is 0 Å². The number of ketones is 1. The minimum Gasteiger partial charge on any atom is -0.497 e. The second-order valence-electron chi connectivity index (χ2n) is 7.96. The molecule has 4 rings (SSSR count). The maximum absolute atomic E-state index is 13.6. The van der Waals surface area contributed by atoms with Crippen LogP contribution >= 0.6 is 11.6 Å². The second-order valence-corrected chi connectivity index (χ2v) is 8.40. The molecule has 0 aliphatic carbocycles. The number of ether oxygens (including phenoxy) is 1. The van der Waals surface area contributed by atoms with Gasteiger partial charge in [0.05, 0.1) is 13.0 Å². The molecule has 0 unspecified atom stereocenters. The number of hydrogen-bond donors (Lipinski definition) is 0. The minimum absolute atomic E-state index is 0.0718. The van der Waals surface area contributed by atoms with Crippen LogP contribution in [-0.4, -0.2) is 50.5 Å². The van der Waals surface area contributed by atoms with Crippen LogP contribution in [0.3, 0.4) is 0 Å². The zero-order chi connectivity index (χ0) is 22.5. The number of Topliss-reactive ketones (excluding diaryl/α,β-unsaturated/α-hetero) is 1. The van der Waals surface area contributed by atoms with Crippen LogP contribution in [0, 0.1) is 5.82 Å². The van der Waals surface area contributed by atoms with Crippen LogP contribution in [0.1, 0.15) is 21.8 Å². The fourth-order valence-corrected chi connectivity index (χ4v) is 4.24. The van der Waals surface area contributed by atoms with E-state index in [2.05, 4.69) is 9.80 Å². The Kier molecular flexibility index (Phi) is 7.08. The molecule has 0 aromatic heterocycles. The lowest BCUT2D eigenvalue weighted by Gasteiger charge is -2.37. The molecule has 1 aliphatic heterocycles. The summed E-state index contributed by atoms with van der Waals surface area (Å²) < 4.78 is 18.8. The molecule has 0 bridgehead atoms. The van der Waals surface area contributed by atoms with Gasteiger partial charge in [-0.1, -0.05) is 29.8 Å². The van der Waals surface area contributed by atoms with Gasteiger partial charge in [0, 0.05) is 49.0 Å². The van der Waals surface area contributed by atoms with Crippen molar-refractivity contribution in [1.29, 1.82) is 0 Å². The van der Waals surface area contributed by atoms with Crippen LogP contribution in [0.2, 0.25) is 5.02 Å². The smallest absolute Gasteiger partial charge is 0.171 e. The van der Waals surface area contributed by atoms with Gasteiger partial charge in [-0.15, -0.1) is 0 Å². The highest BCUT2D eigenvalue weighted by molar-refractivity contribution is 6.30. The second kappa shape index (κ2) is 10.2. The Morgan fingerprint density at radius 1 is 1.00 bits per heavy atom. The molecule has 3 aromatic rings. The molecule has 0 saturated carbocycles. The predicted octanol–water partition coefficient (Wildman–Crippen LogP) is 5.28. The van der Waals surface area contributed by atoms with Crippen molar-refractivity contribution in [2.24, 2.45) is 0 Å². The van der Waals surface area contributed by atoms with Crippen molar-refractivity contribution in [3.63, 3.8) is 0 Å². The van der Waals surface area contributed by atoms with Crippen LogP contribution in [0.5, 0.6) is 5.75 Å². The Bertz CT molecular complexity index is 1050. The van der Waals surface area contributed by atoms with Gasteiger partial charge in [-0.05, 0) is 60.2 Å². The summed E-state index contributed by atoms with van der Waals surface area (Å²) in [5.41, 5.74) is 2.50. The first-order chi connectivity index (χ1) is 15.5. The number of benzene rings is 3. The molecule has 0 amide bonds. The summed E-state index contributed by atoms with van der Waals surface area (Å²) in [4.78, 5) is 18.0. The largest absolute Gasteiger partial charge is 0.497 e. The van der Waals surface area contributed by atoms with E-state index >= 15 is 0 Å².